The molecule has 0 saturated carbocycles. The van der Waals surface area contributed by atoms with Crippen molar-refractivity contribution in [1.82, 2.24) is 0 Å². The van der Waals surface area contributed by atoms with E-state index in [2.05, 4.69) is 4.74 Å². The first-order valence-corrected chi connectivity index (χ1v) is 8.14. The van der Waals surface area contributed by atoms with E-state index in [1.165, 1.54) is 7.11 Å². The number of carbonyl (C=O) groups is 1. The average Bonchev–Trinajstić information content (AvgIpc) is 2.25. The van der Waals surface area contributed by atoms with Crippen molar-refractivity contribution < 1.29 is 17.9 Å². The molecule has 1 aromatic rings. The van der Waals surface area contributed by atoms with Gasteiger partial charge in [-0.05, 0) is 30.7 Å². The largest absolute Gasteiger partial charge is 0.465 e. The quantitative estimate of drug-likeness (QED) is 0.398. The second-order valence-corrected chi connectivity index (χ2v) is 6.83. The lowest BCUT2D eigenvalue weighted by molar-refractivity contribution is 0.0600. The third kappa shape index (κ3) is 8.69. The number of rotatable bonds is 3. The Morgan fingerprint density at radius 1 is 1.37 bits per heavy atom. The van der Waals surface area contributed by atoms with Gasteiger partial charge in [0.15, 0.2) is 0 Å². The van der Waals surface area contributed by atoms with Crippen molar-refractivity contribution in [3.05, 3.63) is 29.3 Å². The first-order chi connectivity index (χ1) is 8.69. The number of carbonyl (C=O) groups excluding carboxylic acids is 1. The van der Waals surface area contributed by atoms with Gasteiger partial charge in [0.1, 0.15) is 0 Å². The number of esters is 1. The first-order valence-electron chi connectivity index (χ1n) is 5.13. The van der Waals surface area contributed by atoms with Crippen molar-refractivity contribution in [2.24, 2.45) is 0 Å². The summed E-state index contributed by atoms with van der Waals surface area (Å²) in [6, 6.07) is 5.13. The minimum absolute atomic E-state index is 0.0613. The van der Waals surface area contributed by atoms with Gasteiger partial charge in [-0.15, -0.1) is 11.6 Å². The van der Waals surface area contributed by atoms with Crippen LogP contribution in [0.4, 0.5) is 5.69 Å². The lowest BCUT2D eigenvalue weighted by atomic mass is 10.1. The molecule has 0 unspecified atom stereocenters. The molecule has 0 spiro atoms. The number of anilines is 1. The molecule has 0 fully saturated rings. The fraction of sp³-hybridized carbons (Fsp3) is 0.364. The first kappa shape index (κ1) is 18.0. The maximum atomic E-state index is 11.0. The highest BCUT2D eigenvalue weighted by Crippen LogP contribution is 2.11. The fourth-order valence-electron chi connectivity index (χ4n) is 1.14. The van der Waals surface area contributed by atoms with Gasteiger partial charge in [-0.1, -0.05) is 0 Å². The predicted octanol–water partition coefficient (Wildman–Crippen LogP) is 2.16. The normalized spacial score (nSPS) is 10.3. The lowest BCUT2D eigenvalue weighted by Crippen LogP contribution is -2.02. The maximum Gasteiger partial charge on any atom is 0.337 e. The molecule has 0 aliphatic carbocycles. The molecule has 8 heteroatoms. The molecule has 1 rings (SSSR count). The molecule has 2 N–H and O–H groups in total. The van der Waals surface area contributed by atoms with Crippen molar-refractivity contribution in [3.8, 4) is 0 Å². The van der Waals surface area contributed by atoms with Crippen molar-refractivity contribution in [1.29, 1.82) is 0 Å². The Labute approximate surface area is 122 Å². The van der Waals surface area contributed by atoms with Gasteiger partial charge in [0.05, 0.1) is 18.4 Å². The third-order valence-electron chi connectivity index (χ3n) is 1.84. The van der Waals surface area contributed by atoms with E-state index < -0.39 is 9.05 Å². The summed E-state index contributed by atoms with van der Waals surface area (Å²) in [4.78, 5) is 11.0. The zero-order valence-corrected chi connectivity index (χ0v) is 12.8. The molecular formula is C11H15Cl2NO4S. The maximum absolute atomic E-state index is 11.0. The summed E-state index contributed by atoms with van der Waals surface area (Å²) in [5.41, 5.74) is 7.57. The summed E-state index contributed by atoms with van der Waals surface area (Å²) < 4.78 is 24.4. The number of ether oxygens (including phenoxy) is 1. The van der Waals surface area contributed by atoms with Gasteiger partial charge < -0.3 is 10.5 Å². The summed E-state index contributed by atoms with van der Waals surface area (Å²) in [7, 11) is 2.74. The summed E-state index contributed by atoms with van der Waals surface area (Å²) in [5.74, 6) is -0.451. The van der Waals surface area contributed by atoms with Gasteiger partial charge >= 0.3 is 5.97 Å². The van der Waals surface area contributed by atoms with Gasteiger partial charge in [0.25, 0.3) is 0 Å². The standard InChI is InChI=1S/C9H11NO2.C2H4Cl2O2S/c1-6-3-7(9(11)12-2)5-8(10)4-6;3-1-2-7(4,5)6/h3-5H,10H2,1-2H3;1-2H2. The van der Waals surface area contributed by atoms with Crippen LogP contribution in [0.2, 0.25) is 0 Å². The Hall–Kier alpha value is -0.980. The summed E-state index contributed by atoms with van der Waals surface area (Å²) in [6.07, 6.45) is 0. The number of alkyl halides is 1. The van der Waals surface area contributed by atoms with E-state index in [4.69, 9.17) is 28.0 Å². The second-order valence-electron chi connectivity index (χ2n) is 3.56. The topological polar surface area (TPSA) is 86.5 Å². The zero-order chi connectivity index (χ0) is 15.1. The number of hydrogen-bond acceptors (Lipinski definition) is 5. The molecular weight excluding hydrogens is 313 g/mol. The Kier molecular flexibility index (Phi) is 7.82. The van der Waals surface area contributed by atoms with Crippen molar-refractivity contribution in [3.63, 3.8) is 0 Å². The highest BCUT2D eigenvalue weighted by atomic mass is 35.7. The molecule has 19 heavy (non-hydrogen) atoms. The molecule has 108 valence electrons. The Morgan fingerprint density at radius 2 is 1.95 bits per heavy atom. The SMILES string of the molecule is COC(=O)c1cc(C)cc(N)c1.O=S(=O)(Cl)CCCl. The minimum atomic E-state index is -3.33. The number of benzene rings is 1. The molecule has 0 aliphatic rings. The van der Waals surface area contributed by atoms with Crippen LogP contribution in [0.3, 0.4) is 0 Å². The number of aryl methyl sites for hydroxylation is 1. The van der Waals surface area contributed by atoms with Crippen LogP contribution in [0.25, 0.3) is 0 Å². The Bertz CT molecular complexity index is 511. The van der Waals surface area contributed by atoms with E-state index in [1.807, 2.05) is 6.92 Å². The number of nitrogen functional groups attached to an aromatic ring is 1. The number of hydrogen-bond donors (Lipinski definition) is 1. The van der Waals surface area contributed by atoms with Crippen LogP contribution < -0.4 is 5.73 Å². The van der Waals surface area contributed by atoms with Crippen LogP contribution in [0.5, 0.6) is 0 Å². The monoisotopic (exact) mass is 327 g/mol. The molecule has 0 heterocycles. The van der Waals surface area contributed by atoms with Crippen LogP contribution in [0.15, 0.2) is 18.2 Å². The molecule has 5 nitrogen and oxygen atoms in total. The zero-order valence-electron chi connectivity index (χ0n) is 10.5. The number of nitrogens with two attached hydrogens (primary N) is 1. The molecule has 1 aromatic carbocycles. The third-order valence-corrected chi connectivity index (χ3v) is 3.41. The Balaban J connectivity index is 0.000000399. The van der Waals surface area contributed by atoms with E-state index in [0.717, 1.165) is 5.56 Å². The van der Waals surface area contributed by atoms with E-state index in [-0.39, 0.29) is 17.6 Å². The smallest absolute Gasteiger partial charge is 0.337 e. The Morgan fingerprint density at radius 3 is 2.26 bits per heavy atom. The molecule has 0 saturated heterocycles. The molecule has 0 amide bonds. The highest BCUT2D eigenvalue weighted by molar-refractivity contribution is 8.13. The number of methoxy groups -OCH3 is 1. The van der Waals surface area contributed by atoms with E-state index in [1.54, 1.807) is 18.2 Å². The van der Waals surface area contributed by atoms with Crippen LogP contribution in [-0.4, -0.2) is 33.1 Å². The minimum Gasteiger partial charge on any atom is -0.465 e. The van der Waals surface area contributed by atoms with E-state index in [9.17, 15) is 13.2 Å². The summed E-state index contributed by atoms with van der Waals surface area (Å²) in [5, 5.41) is 0. The van der Waals surface area contributed by atoms with E-state index >= 15 is 0 Å². The van der Waals surface area contributed by atoms with Crippen LogP contribution in [0, 0.1) is 6.92 Å². The molecule has 0 aromatic heterocycles. The van der Waals surface area contributed by atoms with Crippen LogP contribution in [0.1, 0.15) is 15.9 Å². The molecule has 0 atom stereocenters. The van der Waals surface area contributed by atoms with Crippen molar-refractivity contribution in [2.75, 3.05) is 24.5 Å². The van der Waals surface area contributed by atoms with Gasteiger partial charge in [0.2, 0.25) is 9.05 Å². The van der Waals surface area contributed by atoms with Crippen molar-refractivity contribution in [2.45, 2.75) is 6.92 Å². The summed E-state index contributed by atoms with van der Waals surface area (Å²) >= 11 is 5.02. The molecule has 0 bridgehead atoms. The van der Waals surface area contributed by atoms with Gasteiger partial charge in [-0.3, -0.25) is 0 Å². The average molecular weight is 328 g/mol. The van der Waals surface area contributed by atoms with Crippen LogP contribution in [-0.2, 0) is 13.8 Å². The highest BCUT2D eigenvalue weighted by Gasteiger charge is 2.05. The predicted molar refractivity (Wildman–Crippen MR) is 77.3 cm³/mol. The van der Waals surface area contributed by atoms with Crippen molar-refractivity contribution >= 4 is 43.0 Å². The molecule has 0 aliphatic heterocycles. The molecule has 0 radical (unpaired) electrons. The van der Waals surface area contributed by atoms with Crippen LogP contribution >= 0.6 is 22.3 Å². The second kappa shape index (κ2) is 8.24. The van der Waals surface area contributed by atoms with E-state index in [0.29, 0.717) is 11.3 Å². The summed E-state index contributed by atoms with van der Waals surface area (Å²) in [6.45, 7) is 1.88. The lowest BCUT2D eigenvalue weighted by Gasteiger charge is -2.01. The van der Waals surface area contributed by atoms with Gasteiger partial charge in [0, 0.05) is 22.2 Å². The number of halogens is 2. The van der Waals surface area contributed by atoms with Gasteiger partial charge in [-0.2, -0.15) is 0 Å². The fourth-order valence-corrected chi connectivity index (χ4v) is 2.40. The van der Waals surface area contributed by atoms with Gasteiger partial charge in [-0.25, -0.2) is 13.2 Å².